The second-order valence-electron chi connectivity index (χ2n) is 3.13. The minimum atomic E-state index is -4.22. The van der Waals surface area contributed by atoms with Crippen molar-refractivity contribution in [3.63, 3.8) is 0 Å². The summed E-state index contributed by atoms with van der Waals surface area (Å²) in [6.45, 7) is 0. The van der Waals surface area contributed by atoms with Gasteiger partial charge in [-0.25, -0.2) is 0 Å². The van der Waals surface area contributed by atoms with Crippen LogP contribution in [0.2, 0.25) is 0 Å². The minimum absolute atomic E-state index is 0.228. The summed E-state index contributed by atoms with van der Waals surface area (Å²) >= 11 is 0. The summed E-state index contributed by atoms with van der Waals surface area (Å²) in [5, 5.41) is 0. The van der Waals surface area contributed by atoms with Crippen molar-refractivity contribution in [2.24, 2.45) is 0 Å². The topological polar surface area (TPSA) is 80.2 Å². The predicted octanol–water partition coefficient (Wildman–Crippen LogP) is 1.39. The number of hydrogen-bond acceptors (Lipinski definition) is 4. The molecule has 2 aromatic heterocycles. The molecule has 0 atom stereocenters. The van der Waals surface area contributed by atoms with Crippen molar-refractivity contribution >= 4 is 10.1 Å². The van der Waals surface area contributed by atoms with Gasteiger partial charge in [-0.1, -0.05) is 6.07 Å². The summed E-state index contributed by atoms with van der Waals surface area (Å²) < 4.78 is 30.7. The van der Waals surface area contributed by atoms with E-state index in [1.54, 1.807) is 24.5 Å². The van der Waals surface area contributed by atoms with E-state index in [4.69, 9.17) is 4.55 Å². The van der Waals surface area contributed by atoms with Gasteiger partial charge in [0.1, 0.15) is 4.90 Å². The van der Waals surface area contributed by atoms with Crippen LogP contribution >= 0.6 is 0 Å². The Hall–Kier alpha value is -1.79. The fourth-order valence-electron chi connectivity index (χ4n) is 1.25. The molecule has 82 valence electrons. The Morgan fingerprint density at radius 2 is 1.81 bits per heavy atom. The second-order valence-corrected chi connectivity index (χ2v) is 4.55. The molecule has 2 aromatic rings. The maximum atomic E-state index is 10.9. The van der Waals surface area contributed by atoms with Crippen LogP contribution in [0, 0.1) is 0 Å². The van der Waals surface area contributed by atoms with Gasteiger partial charge in [0.2, 0.25) is 0 Å². The quantitative estimate of drug-likeness (QED) is 0.797. The standard InChI is InChI=1S/C10H8N2O3S/c13-16(14,15)10-4-9(6-12-7-10)8-2-1-3-11-5-8/h1-7H,(H,13,14,15). The summed E-state index contributed by atoms with van der Waals surface area (Å²) in [6, 6.07) is 4.85. The summed E-state index contributed by atoms with van der Waals surface area (Å²) in [4.78, 5) is 7.45. The Morgan fingerprint density at radius 3 is 2.44 bits per heavy atom. The molecule has 0 spiro atoms. The van der Waals surface area contributed by atoms with Crippen molar-refractivity contribution in [2.45, 2.75) is 4.90 Å². The first-order valence-electron chi connectivity index (χ1n) is 4.40. The first-order chi connectivity index (χ1) is 7.57. The number of nitrogens with zero attached hydrogens (tertiary/aromatic N) is 2. The Kier molecular flexibility index (Phi) is 2.67. The van der Waals surface area contributed by atoms with Gasteiger partial charge in [-0.15, -0.1) is 0 Å². The van der Waals surface area contributed by atoms with Gasteiger partial charge in [-0.05, 0) is 12.1 Å². The molecular formula is C10H8N2O3S. The normalized spacial score (nSPS) is 11.3. The molecule has 6 heteroatoms. The molecule has 0 saturated carbocycles. The van der Waals surface area contributed by atoms with Crippen LogP contribution in [0.4, 0.5) is 0 Å². The van der Waals surface area contributed by atoms with Crippen molar-refractivity contribution in [3.05, 3.63) is 43.0 Å². The van der Waals surface area contributed by atoms with Crippen LogP contribution in [-0.2, 0) is 10.1 Å². The van der Waals surface area contributed by atoms with Gasteiger partial charge in [0, 0.05) is 35.9 Å². The van der Waals surface area contributed by atoms with E-state index in [2.05, 4.69) is 9.97 Å². The maximum absolute atomic E-state index is 10.9. The van der Waals surface area contributed by atoms with Crippen molar-refractivity contribution in [3.8, 4) is 11.1 Å². The maximum Gasteiger partial charge on any atom is 0.296 e. The molecule has 0 saturated heterocycles. The van der Waals surface area contributed by atoms with Crippen LogP contribution in [0.1, 0.15) is 0 Å². The van der Waals surface area contributed by atoms with E-state index in [1.165, 1.54) is 12.3 Å². The SMILES string of the molecule is O=S(=O)(O)c1cncc(-c2cccnc2)c1. The lowest BCUT2D eigenvalue weighted by atomic mass is 10.1. The average Bonchev–Trinajstić information content (AvgIpc) is 2.29. The van der Waals surface area contributed by atoms with E-state index >= 15 is 0 Å². The third kappa shape index (κ3) is 2.23. The van der Waals surface area contributed by atoms with Crippen LogP contribution < -0.4 is 0 Å². The van der Waals surface area contributed by atoms with E-state index in [9.17, 15) is 8.42 Å². The van der Waals surface area contributed by atoms with E-state index in [1.807, 2.05) is 0 Å². The molecule has 16 heavy (non-hydrogen) atoms. The molecule has 0 unspecified atom stereocenters. The number of rotatable bonds is 2. The predicted molar refractivity (Wildman–Crippen MR) is 57.3 cm³/mol. The Balaban J connectivity index is 2.53. The van der Waals surface area contributed by atoms with Crippen LogP contribution in [0.3, 0.4) is 0 Å². The average molecular weight is 236 g/mol. The van der Waals surface area contributed by atoms with E-state index in [-0.39, 0.29) is 4.90 Å². The minimum Gasteiger partial charge on any atom is -0.282 e. The lowest BCUT2D eigenvalue weighted by Gasteiger charge is -2.01. The highest BCUT2D eigenvalue weighted by Crippen LogP contribution is 2.19. The molecule has 0 aliphatic carbocycles. The molecule has 2 heterocycles. The van der Waals surface area contributed by atoms with Crippen LogP contribution in [0.5, 0.6) is 0 Å². The zero-order chi connectivity index (χ0) is 11.6. The molecule has 5 nitrogen and oxygen atoms in total. The Labute approximate surface area is 92.6 Å². The largest absolute Gasteiger partial charge is 0.296 e. The summed E-state index contributed by atoms with van der Waals surface area (Å²) in [6.07, 6.45) is 5.80. The van der Waals surface area contributed by atoms with Gasteiger partial charge in [0.15, 0.2) is 0 Å². The third-order valence-electron chi connectivity index (χ3n) is 2.01. The van der Waals surface area contributed by atoms with Crippen molar-refractivity contribution in [1.82, 2.24) is 9.97 Å². The second kappa shape index (κ2) is 3.99. The first-order valence-corrected chi connectivity index (χ1v) is 5.84. The van der Waals surface area contributed by atoms with Crippen molar-refractivity contribution in [2.75, 3.05) is 0 Å². The van der Waals surface area contributed by atoms with E-state index in [0.29, 0.717) is 5.56 Å². The van der Waals surface area contributed by atoms with Crippen LogP contribution in [-0.4, -0.2) is 22.9 Å². The Bertz CT molecular complexity index is 596. The lowest BCUT2D eigenvalue weighted by molar-refractivity contribution is 0.483. The molecule has 0 aromatic carbocycles. The third-order valence-corrected chi connectivity index (χ3v) is 2.82. The van der Waals surface area contributed by atoms with Gasteiger partial charge in [0.05, 0.1) is 0 Å². The lowest BCUT2D eigenvalue weighted by Crippen LogP contribution is -1.98. The molecule has 2 rings (SSSR count). The fraction of sp³-hybridized carbons (Fsp3) is 0. The van der Waals surface area contributed by atoms with Gasteiger partial charge in [-0.2, -0.15) is 8.42 Å². The van der Waals surface area contributed by atoms with Crippen LogP contribution in [0.25, 0.3) is 11.1 Å². The van der Waals surface area contributed by atoms with Gasteiger partial charge < -0.3 is 0 Å². The molecule has 0 radical (unpaired) electrons. The monoisotopic (exact) mass is 236 g/mol. The van der Waals surface area contributed by atoms with Crippen molar-refractivity contribution in [1.29, 1.82) is 0 Å². The number of pyridine rings is 2. The van der Waals surface area contributed by atoms with Gasteiger partial charge >= 0.3 is 0 Å². The molecule has 0 fully saturated rings. The molecule has 0 aliphatic rings. The first kappa shape index (κ1) is 10.7. The van der Waals surface area contributed by atoms with Gasteiger partial charge in [-0.3, -0.25) is 14.5 Å². The highest BCUT2D eigenvalue weighted by molar-refractivity contribution is 7.85. The molecule has 0 aliphatic heterocycles. The highest BCUT2D eigenvalue weighted by atomic mass is 32.2. The summed E-state index contributed by atoms with van der Waals surface area (Å²) in [5.74, 6) is 0. The zero-order valence-electron chi connectivity index (χ0n) is 8.11. The molecule has 1 N–H and O–H groups in total. The molecular weight excluding hydrogens is 228 g/mol. The summed E-state index contributed by atoms with van der Waals surface area (Å²) in [5.41, 5.74) is 1.32. The smallest absolute Gasteiger partial charge is 0.282 e. The van der Waals surface area contributed by atoms with Gasteiger partial charge in [0.25, 0.3) is 10.1 Å². The van der Waals surface area contributed by atoms with Crippen LogP contribution in [0.15, 0.2) is 47.9 Å². The highest BCUT2D eigenvalue weighted by Gasteiger charge is 2.10. The number of hydrogen-bond donors (Lipinski definition) is 1. The summed E-state index contributed by atoms with van der Waals surface area (Å²) in [7, 11) is -4.22. The van der Waals surface area contributed by atoms with E-state index in [0.717, 1.165) is 11.8 Å². The fourth-order valence-corrected chi connectivity index (χ4v) is 1.72. The van der Waals surface area contributed by atoms with Crippen molar-refractivity contribution < 1.29 is 13.0 Å². The van der Waals surface area contributed by atoms with E-state index < -0.39 is 10.1 Å². The molecule has 0 amide bonds. The Morgan fingerprint density at radius 1 is 1.06 bits per heavy atom. The zero-order valence-corrected chi connectivity index (χ0v) is 8.92. The molecule has 0 bridgehead atoms. The number of aromatic nitrogens is 2.